The summed E-state index contributed by atoms with van der Waals surface area (Å²) >= 11 is 6.17. The molecule has 0 bridgehead atoms. The number of hydrogen-bond donors (Lipinski definition) is 1. The summed E-state index contributed by atoms with van der Waals surface area (Å²) in [7, 11) is 1.65. The van der Waals surface area contributed by atoms with Crippen LogP contribution in [-0.4, -0.2) is 43.5 Å². The molecule has 0 unspecified atom stereocenters. The van der Waals surface area contributed by atoms with E-state index in [0.717, 1.165) is 37.0 Å². The lowest BCUT2D eigenvalue weighted by Crippen LogP contribution is -2.40. The molecule has 5 nitrogen and oxygen atoms in total. The summed E-state index contributed by atoms with van der Waals surface area (Å²) in [6.07, 6.45) is 3.45. The normalized spacial score (nSPS) is 19.4. The highest BCUT2D eigenvalue weighted by atomic mass is 35.5. The zero-order valence-corrected chi connectivity index (χ0v) is 18.0. The Bertz CT molecular complexity index is 938. The second-order valence-electron chi connectivity index (χ2n) is 8.28. The molecule has 0 aromatic heterocycles. The number of hydrogen-bond acceptors (Lipinski definition) is 3. The van der Waals surface area contributed by atoms with E-state index in [0.29, 0.717) is 30.2 Å². The fourth-order valence-electron chi connectivity index (χ4n) is 4.51. The van der Waals surface area contributed by atoms with Crippen LogP contribution in [0, 0.1) is 11.3 Å². The van der Waals surface area contributed by atoms with Crippen molar-refractivity contribution < 1.29 is 14.3 Å². The second-order valence-corrected chi connectivity index (χ2v) is 8.69. The third-order valence-corrected chi connectivity index (χ3v) is 6.83. The number of halogens is 1. The van der Waals surface area contributed by atoms with Crippen molar-refractivity contribution in [3.8, 4) is 5.75 Å². The van der Waals surface area contributed by atoms with E-state index < -0.39 is 0 Å². The highest BCUT2D eigenvalue weighted by Gasteiger charge is 2.58. The van der Waals surface area contributed by atoms with Crippen LogP contribution in [0.25, 0.3) is 0 Å². The summed E-state index contributed by atoms with van der Waals surface area (Å²) in [4.78, 5) is 27.2. The van der Waals surface area contributed by atoms with E-state index in [-0.39, 0.29) is 23.1 Å². The molecule has 1 saturated carbocycles. The number of methoxy groups -OCH3 is 1. The van der Waals surface area contributed by atoms with Crippen LogP contribution in [0.3, 0.4) is 0 Å². The lowest BCUT2D eigenvalue weighted by atomic mass is 9.90. The van der Waals surface area contributed by atoms with Crippen LogP contribution in [0.15, 0.2) is 48.5 Å². The fraction of sp³-hybridized carbons (Fsp3) is 0.417. The molecule has 1 spiro atoms. The van der Waals surface area contributed by atoms with Crippen molar-refractivity contribution in [1.82, 2.24) is 10.2 Å². The maximum Gasteiger partial charge on any atom is 0.255 e. The minimum absolute atomic E-state index is 0.0182. The minimum atomic E-state index is -0.0182. The van der Waals surface area contributed by atoms with Crippen molar-refractivity contribution in [2.45, 2.75) is 25.7 Å². The Balaban J connectivity index is 1.25. The van der Waals surface area contributed by atoms with Crippen LogP contribution >= 0.6 is 11.6 Å². The van der Waals surface area contributed by atoms with Crippen molar-refractivity contribution >= 4 is 23.4 Å². The number of piperidine rings is 1. The molecule has 2 aromatic rings. The summed E-state index contributed by atoms with van der Waals surface area (Å²) in [5.41, 5.74) is 1.77. The highest BCUT2D eigenvalue weighted by Crippen LogP contribution is 2.59. The summed E-state index contributed by atoms with van der Waals surface area (Å²) < 4.78 is 5.24. The average molecular weight is 427 g/mol. The molecule has 1 aliphatic heterocycles. The van der Waals surface area contributed by atoms with Gasteiger partial charge < -0.3 is 15.0 Å². The van der Waals surface area contributed by atoms with Crippen LogP contribution in [-0.2, 0) is 11.2 Å². The van der Waals surface area contributed by atoms with Crippen LogP contribution in [0.1, 0.15) is 35.2 Å². The van der Waals surface area contributed by atoms with E-state index in [4.69, 9.17) is 16.3 Å². The quantitative estimate of drug-likeness (QED) is 0.760. The van der Waals surface area contributed by atoms with Crippen molar-refractivity contribution in [2.75, 3.05) is 26.7 Å². The smallest absolute Gasteiger partial charge is 0.255 e. The number of nitrogens with zero attached hydrogens (tertiary/aromatic N) is 1. The van der Waals surface area contributed by atoms with Gasteiger partial charge in [0.25, 0.3) is 5.91 Å². The SMILES string of the molecule is COc1cccc(CCNC(=O)[C@@H]2CC23CCN(C(=O)c2ccccc2Cl)CC3)c1. The molecule has 2 aromatic carbocycles. The van der Waals surface area contributed by atoms with E-state index in [2.05, 4.69) is 5.32 Å². The minimum Gasteiger partial charge on any atom is -0.497 e. The zero-order valence-electron chi connectivity index (χ0n) is 17.2. The van der Waals surface area contributed by atoms with E-state index in [9.17, 15) is 9.59 Å². The van der Waals surface area contributed by atoms with Gasteiger partial charge in [-0.25, -0.2) is 0 Å². The molecule has 1 N–H and O–H groups in total. The monoisotopic (exact) mass is 426 g/mol. The molecule has 0 radical (unpaired) electrons. The average Bonchev–Trinajstić information content (AvgIpc) is 3.47. The van der Waals surface area contributed by atoms with Gasteiger partial charge in [0.1, 0.15) is 5.75 Å². The van der Waals surface area contributed by atoms with Gasteiger partial charge in [0.05, 0.1) is 17.7 Å². The van der Waals surface area contributed by atoms with Crippen LogP contribution in [0.4, 0.5) is 0 Å². The lowest BCUT2D eigenvalue weighted by molar-refractivity contribution is -0.123. The van der Waals surface area contributed by atoms with Gasteiger partial charge in [0, 0.05) is 25.6 Å². The molecule has 1 heterocycles. The van der Waals surface area contributed by atoms with Gasteiger partial charge in [-0.05, 0) is 60.9 Å². The third-order valence-electron chi connectivity index (χ3n) is 6.50. The maximum atomic E-state index is 12.7. The van der Waals surface area contributed by atoms with E-state index in [1.807, 2.05) is 41.3 Å². The third kappa shape index (κ3) is 4.31. The van der Waals surface area contributed by atoms with Gasteiger partial charge in [0.15, 0.2) is 0 Å². The van der Waals surface area contributed by atoms with Gasteiger partial charge in [-0.2, -0.15) is 0 Å². The standard InChI is InChI=1S/C24H27ClN2O3/c1-30-18-6-4-5-17(15-18)9-12-26-22(28)20-16-24(20)10-13-27(14-11-24)23(29)19-7-2-3-8-21(19)25/h2-8,15,20H,9-14,16H2,1H3,(H,26,28)/t20-/m0/s1. The number of carbonyl (C=O) groups excluding carboxylic acids is 2. The summed E-state index contributed by atoms with van der Waals surface area (Å²) in [6, 6.07) is 15.1. The number of carbonyl (C=O) groups is 2. The number of amides is 2. The van der Waals surface area contributed by atoms with Crippen molar-refractivity contribution in [2.24, 2.45) is 11.3 Å². The largest absolute Gasteiger partial charge is 0.497 e. The molecule has 30 heavy (non-hydrogen) atoms. The molecule has 4 rings (SSSR count). The molecule has 1 saturated heterocycles. The maximum absolute atomic E-state index is 12.7. The molecule has 158 valence electrons. The van der Waals surface area contributed by atoms with Crippen LogP contribution < -0.4 is 10.1 Å². The first kappa shape index (κ1) is 20.7. The number of likely N-dealkylation sites (tertiary alicyclic amines) is 1. The Labute approximate surface area is 182 Å². The summed E-state index contributed by atoms with van der Waals surface area (Å²) in [5, 5.41) is 3.58. The van der Waals surface area contributed by atoms with Crippen molar-refractivity contribution in [3.05, 3.63) is 64.7 Å². The number of ether oxygens (including phenoxy) is 1. The fourth-order valence-corrected chi connectivity index (χ4v) is 4.73. The first-order valence-corrected chi connectivity index (χ1v) is 10.8. The molecule has 1 atom stereocenters. The summed E-state index contributed by atoms with van der Waals surface area (Å²) in [6.45, 7) is 1.98. The first-order chi connectivity index (χ1) is 14.5. The Morgan fingerprint density at radius 1 is 1.17 bits per heavy atom. The van der Waals surface area contributed by atoms with Gasteiger partial charge in [-0.3, -0.25) is 9.59 Å². The van der Waals surface area contributed by atoms with E-state index in [1.165, 1.54) is 0 Å². The summed E-state index contributed by atoms with van der Waals surface area (Å²) in [5.74, 6) is 1.03. The van der Waals surface area contributed by atoms with Gasteiger partial charge in [0.2, 0.25) is 5.91 Å². The van der Waals surface area contributed by atoms with E-state index >= 15 is 0 Å². The Morgan fingerprint density at radius 2 is 1.93 bits per heavy atom. The predicted molar refractivity (Wildman–Crippen MR) is 117 cm³/mol. The number of benzene rings is 2. The zero-order chi connectivity index (χ0) is 21.1. The lowest BCUT2D eigenvalue weighted by Gasteiger charge is -2.33. The molecule has 6 heteroatoms. The number of rotatable bonds is 6. The van der Waals surface area contributed by atoms with Gasteiger partial charge in [-0.15, -0.1) is 0 Å². The van der Waals surface area contributed by atoms with E-state index in [1.54, 1.807) is 19.2 Å². The van der Waals surface area contributed by atoms with Crippen LogP contribution in [0.5, 0.6) is 5.75 Å². The Kier molecular flexibility index (Phi) is 6.00. The molecular formula is C24H27ClN2O3. The van der Waals surface area contributed by atoms with Crippen molar-refractivity contribution in [3.63, 3.8) is 0 Å². The highest BCUT2D eigenvalue weighted by molar-refractivity contribution is 6.33. The second kappa shape index (κ2) is 8.68. The Hall–Kier alpha value is -2.53. The molecular weight excluding hydrogens is 400 g/mol. The molecule has 2 amide bonds. The predicted octanol–water partition coefficient (Wildman–Crippen LogP) is 3.95. The number of nitrogens with one attached hydrogen (secondary N) is 1. The van der Waals surface area contributed by atoms with Crippen LogP contribution in [0.2, 0.25) is 5.02 Å². The van der Waals surface area contributed by atoms with Gasteiger partial charge >= 0.3 is 0 Å². The van der Waals surface area contributed by atoms with Crippen molar-refractivity contribution in [1.29, 1.82) is 0 Å². The first-order valence-electron chi connectivity index (χ1n) is 10.5. The molecule has 2 fully saturated rings. The van der Waals surface area contributed by atoms with Gasteiger partial charge in [-0.1, -0.05) is 35.9 Å². The topological polar surface area (TPSA) is 58.6 Å². The molecule has 2 aliphatic rings. The Morgan fingerprint density at radius 3 is 2.67 bits per heavy atom. The molecule has 1 aliphatic carbocycles.